The van der Waals surface area contributed by atoms with Gasteiger partial charge in [-0.1, -0.05) is 36.4 Å². The first-order valence-corrected chi connectivity index (χ1v) is 7.05. The summed E-state index contributed by atoms with van der Waals surface area (Å²) in [7, 11) is 1.69. The van der Waals surface area contributed by atoms with Gasteiger partial charge in [0.15, 0.2) is 0 Å². The molecule has 21 heavy (non-hydrogen) atoms. The number of likely N-dealkylation sites (tertiary alicyclic amines) is 1. The number of hydrogen-bond acceptors (Lipinski definition) is 2. The minimum Gasteiger partial charge on any atom is -0.481 e. The summed E-state index contributed by atoms with van der Waals surface area (Å²) in [5.41, 5.74) is 0.886. The van der Waals surface area contributed by atoms with Gasteiger partial charge in [0.25, 0.3) is 0 Å². The van der Waals surface area contributed by atoms with E-state index >= 15 is 0 Å². The van der Waals surface area contributed by atoms with Gasteiger partial charge in [0, 0.05) is 13.5 Å². The topological polar surface area (TPSA) is 57.6 Å². The second-order valence-electron chi connectivity index (χ2n) is 5.54. The number of benzene rings is 2. The van der Waals surface area contributed by atoms with E-state index in [0.717, 1.165) is 16.3 Å². The van der Waals surface area contributed by atoms with Gasteiger partial charge in [-0.2, -0.15) is 0 Å². The number of hydrogen-bond donors (Lipinski definition) is 1. The van der Waals surface area contributed by atoms with Gasteiger partial charge < -0.3 is 10.0 Å². The van der Waals surface area contributed by atoms with E-state index in [4.69, 9.17) is 0 Å². The fourth-order valence-electron chi connectivity index (χ4n) is 3.14. The zero-order valence-corrected chi connectivity index (χ0v) is 11.8. The molecule has 1 fully saturated rings. The van der Waals surface area contributed by atoms with E-state index in [9.17, 15) is 14.7 Å². The number of rotatable bonds is 2. The van der Waals surface area contributed by atoms with Crippen LogP contribution in [0.25, 0.3) is 10.8 Å². The molecule has 1 heterocycles. The molecular formula is C17H17NO3. The van der Waals surface area contributed by atoms with Gasteiger partial charge in [0.2, 0.25) is 5.91 Å². The SMILES string of the molecule is CN1C(=O)CCC(C(=O)O)C1c1ccc2ccccc2c1. The van der Waals surface area contributed by atoms with Gasteiger partial charge in [-0.15, -0.1) is 0 Å². The second-order valence-corrected chi connectivity index (χ2v) is 5.54. The summed E-state index contributed by atoms with van der Waals surface area (Å²) < 4.78 is 0. The number of carboxylic acid groups (broad SMARTS) is 1. The summed E-state index contributed by atoms with van der Waals surface area (Å²) in [5.74, 6) is -1.38. The average Bonchev–Trinajstić information content (AvgIpc) is 2.49. The molecule has 1 amide bonds. The number of carboxylic acids is 1. The molecule has 108 valence electrons. The number of fused-ring (bicyclic) bond motifs is 1. The quantitative estimate of drug-likeness (QED) is 0.922. The van der Waals surface area contributed by atoms with E-state index in [0.29, 0.717) is 12.8 Å². The van der Waals surface area contributed by atoms with Crippen molar-refractivity contribution in [3.63, 3.8) is 0 Å². The molecule has 1 aliphatic heterocycles. The van der Waals surface area contributed by atoms with Crippen molar-refractivity contribution in [2.75, 3.05) is 7.05 Å². The van der Waals surface area contributed by atoms with Crippen molar-refractivity contribution in [3.05, 3.63) is 48.0 Å². The predicted octanol–water partition coefficient (Wildman–Crippen LogP) is 2.83. The van der Waals surface area contributed by atoms with Crippen LogP contribution in [0.1, 0.15) is 24.4 Å². The number of nitrogens with zero attached hydrogens (tertiary/aromatic N) is 1. The molecule has 0 aromatic heterocycles. The summed E-state index contributed by atoms with van der Waals surface area (Å²) in [4.78, 5) is 25.0. The summed E-state index contributed by atoms with van der Waals surface area (Å²) in [5, 5.41) is 11.6. The third kappa shape index (κ3) is 2.37. The number of carbonyl (C=O) groups excluding carboxylic acids is 1. The summed E-state index contributed by atoms with van der Waals surface area (Å²) in [6, 6.07) is 13.4. The summed E-state index contributed by atoms with van der Waals surface area (Å²) in [6.45, 7) is 0. The van der Waals surface area contributed by atoms with Crippen LogP contribution in [-0.4, -0.2) is 28.9 Å². The van der Waals surface area contributed by atoms with Gasteiger partial charge >= 0.3 is 5.97 Å². The minimum atomic E-state index is -0.840. The molecule has 2 unspecified atom stereocenters. The fraction of sp³-hybridized carbons (Fsp3) is 0.294. The van der Waals surface area contributed by atoms with E-state index in [1.165, 1.54) is 0 Å². The van der Waals surface area contributed by atoms with E-state index in [2.05, 4.69) is 0 Å². The van der Waals surface area contributed by atoms with Gasteiger partial charge in [-0.25, -0.2) is 0 Å². The molecule has 1 saturated heterocycles. The van der Waals surface area contributed by atoms with E-state index in [1.807, 2.05) is 42.5 Å². The molecule has 1 N–H and O–H groups in total. The molecular weight excluding hydrogens is 266 g/mol. The second kappa shape index (κ2) is 5.20. The van der Waals surface area contributed by atoms with Crippen LogP contribution in [0.15, 0.2) is 42.5 Å². The Hall–Kier alpha value is -2.36. The maximum Gasteiger partial charge on any atom is 0.308 e. The monoisotopic (exact) mass is 283 g/mol. The molecule has 2 aromatic rings. The first-order chi connectivity index (χ1) is 10.1. The van der Waals surface area contributed by atoms with Crippen LogP contribution < -0.4 is 0 Å². The lowest BCUT2D eigenvalue weighted by atomic mass is 9.84. The maximum absolute atomic E-state index is 11.9. The first-order valence-electron chi connectivity index (χ1n) is 7.05. The molecule has 0 saturated carbocycles. The summed E-state index contributed by atoms with van der Waals surface area (Å²) in [6.07, 6.45) is 0.702. The van der Waals surface area contributed by atoms with Crippen molar-refractivity contribution >= 4 is 22.6 Å². The largest absolute Gasteiger partial charge is 0.481 e. The molecule has 4 nitrogen and oxygen atoms in total. The van der Waals surface area contributed by atoms with Crippen LogP contribution in [-0.2, 0) is 9.59 Å². The Bertz CT molecular complexity index is 710. The van der Waals surface area contributed by atoms with Crippen molar-refractivity contribution in [1.29, 1.82) is 0 Å². The number of piperidine rings is 1. The lowest BCUT2D eigenvalue weighted by Gasteiger charge is -2.37. The Labute approximate surface area is 123 Å². The molecule has 0 bridgehead atoms. The van der Waals surface area contributed by atoms with Gasteiger partial charge in [-0.3, -0.25) is 9.59 Å². The van der Waals surface area contributed by atoms with Crippen molar-refractivity contribution in [2.45, 2.75) is 18.9 Å². The highest BCUT2D eigenvalue weighted by atomic mass is 16.4. The highest BCUT2D eigenvalue weighted by Crippen LogP contribution is 2.36. The number of amides is 1. The van der Waals surface area contributed by atoms with Crippen LogP contribution in [0.5, 0.6) is 0 Å². The highest BCUT2D eigenvalue weighted by molar-refractivity contribution is 5.85. The Morgan fingerprint density at radius 2 is 1.90 bits per heavy atom. The standard InChI is InChI=1S/C17H17NO3/c1-18-15(19)9-8-14(17(20)21)16(18)13-7-6-11-4-2-3-5-12(11)10-13/h2-7,10,14,16H,8-9H2,1H3,(H,20,21). The molecule has 0 aliphatic carbocycles. The van der Waals surface area contributed by atoms with Crippen molar-refractivity contribution in [2.24, 2.45) is 5.92 Å². The van der Waals surface area contributed by atoms with Crippen LogP contribution >= 0.6 is 0 Å². The Balaban J connectivity index is 2.07. The minimum absolute atomic E-state index is 0.00524. The highest BCUT2D eigenvalue weighted by Gasteiger charge is 2.38. The Morgan fingerprint density at radius 1 is 1.19 bits per heavy atom. The molecule has 1 aliphatic rings. The fourth-order valence-corrected chi connectivity index (χ4v) is 3.14. The van der Waals surface area contributed by atoms with Gasteiger partial charge in [-0.05, 0) is 28.8 Å². The number of carbonyl (C=O) groups is 2. The van der Waals surface area contributed by atoms with Crippen molar-refractivity contribution in [1.82, 2.24) is 4.90 Å². The van der Waals surface area contributed by atoms with E-state index in [-0.39, 0.29) is 5.91 Å². The van der Waals surface area contributed by atoms with Gasteiger partial charge in [0.05, 0.1) is 12.0 Å². The maximum atomic E-state index is 11.9. The lowest BCUT2D eigenvalue weighted by molar-refractivity contribution is -0.150. The summed E-state index contributed by atoms with van der Waals surface area (Å²) >= 11 is 0. The van der Waals surface area contributed by atoms with Crippen molar-refractivity contribution in [3.8, 4) is 0 Å². The molecule has 2 aromatic carbocycles. The Morgan fingerprint density at radius 3 is 2.62 bits per heavy atom. The van der Waals surface area contributed by atoms with Crippen LogP contribution in [0.3, 0.4) is 0 Å². The molecule has 2 atom stereocenters. The normalized spacial score (nSPS) is 22.5. The van der Waals surface area contributed by atoms with Crippen molar-refractivity contribution < 1.29 is 14.7 Å². The molecule has 0 radical (unpaired) electrons. The van der Waals surface area contributed by atoms with Crippen LogP contribution in [0, 0.1) is 5.92 Å². The van der Waals surface area contributed by atoms with Gasteiger partial charge in [0.1, 0.15) is 0 Å². The zero-order chi connectivity index (χ0) is 15.0. The molecule has 4 heteroatoms. The van der Waals surface area contributed by atoms with E-state index in [1.54, 1.807) is 11.9 Å². The molecule has 3 rings (SSSR count). The average molecular weight is 283 g/mol. The zero-order valence-electron chi connectivity index (χ0n) is 11.8. The number of aliphatic carboxylic acids is 1. The predicted molar refractivity (Wildman–Crippen MR) is 79.8 cm³/mol. The third-order valence-corrected chi connectivity index (χ3v) is 4.29. The smallest absolute Gasteiger partial charge is 0.308 e. The third-order valence-electron chi connectivity index (χ3n) is 4.29. The van der Waals surface area contributed by atoms with Crippen LogP contribution in [0.4, 0.5) is 0 Å². The van der Waals surface area contributed by atoms with Crippen LogP contribution in [0.2, 0.25) is 0 Å². The van der Waals surface area contributed by atoms with E-state index < -0.39 is 17.9 Å². The Kier molecular flexibility index (Phi) is 3.37. The molecule has 0 spiro atoms. The lowest BCUT2D eigenvalue weighted by Crippen LogP contribution is -2.42. The first kappa shape index (κ1) is 13.6.